The number of rotatable bonds is 3. The Balaban J connectivity index is 0. The van der Waals surface area contributed by atoms with E-state index in [1.165, 1.54) is 19.1 Å². The molecule has 0 aliphatic rings. The Hall–Kier alpha value is -0.590. The molecule has 0 aromatic carbocycles. The number of hydrogen-bond acceptors (Lipinski definition) is 1. The Bertz CT molecular complexity index is 93.0. The number of nitrogens with one attached hydrogen (secondary N) is 1. The van der Waals surface area contributed by atoms with E-state index in [-0.39, 0.29) is 0 Å². The van der Waals surface area contributed by atoms with E-state index in [0.717, 1.165) is 5.92 Å². The van der Waals surface area contributed by atoms with E-state index >= 15 is 0 Å². The SMILES string of the molecule is CC/C=C\CC(C)C.CC=N. The molecule has 0 rings (SSSR count). The summed E-state index contributed by atoms with van der Waals surface area (Å²) < 4.78 is 0. The van der Waals surface area contributed by atoms with Crippen molar-refractivity contribution in [3.63, 3.8) is 0 Å². The van der Waals surface area contributed by atoms with Gasteiger partial charge in [-0.1, -0.05) is 32.9 Å². The molecular weight excluding hydrogens is 134 g/mol. The Morgan fingerprint density at radius 3 is 2.00 bits per heavy atom. The van der Waals surface area contributed by atoms with Gasteiger partial charge in [0.1, 0.15) is 0 Å². The maximum atomic E-state index is 6.08. The van der Waals surface area contributed by atoms with Crippen molar-refractivity contribution in [2.75, 3.05) is 0 Å². The monoisotopic (exact) mass is 155 g/mol. The second-order valence-corrected chi connectivity index (χ2v) is 2.80. The minimum atomic E-state index is 0.817. The van der Waals surface area contributed by atoms with Gasteiger partial charge in [-0.25, -0.2) is 0 Å². The van der Waals surface area contributed by atoms with Gasteiger partial charge in [0.15, 0.2) is 0 Å². The third kappa shape index (κ3) is 26.6. The van der Waals surface area contributed by atoms with Crippen LogP contribution in [-0.2, 0) is 0 Å². The summed E-state index contributed by atoms with van der Waals surface area (Å²) in [7, 11) is 0. The lowest BCUT2D eigenvalue weighted by Gasteiger charge is -1.94. The molecule has 0 radical (unpaired) electrons. The van der Waals surface area contributed by atoms with Gasteiger partial charge in [-0.2, -0.15) is 0 Å². The van der Waals surface area contributed by atoms with Crippen molar-refractivity contribution in [3.8, 4) is 0 Å². The van der Waals surface area contributed by atoms with Crippen molar-refractivity contribution in [3.05, 3.63) is 12.2 Å². The molecule has 1 nitrogen and oxygen atoms in total. The summed E-state index contributed by atoms with van der Waals surface area (Å²) in [4.78, 5) is 0. The molecule has 0 aromatic rings. The Kier molecular flexibility index (Phi) is 14.4. The normalized spacial score (nSPS) is 9.55. The van der Waals surface area contributed by atoms with E-state index in [0.29, 0.717) is 0 Å². The van der Waals surface area contributed by atoms with E-state index in [1.807, 2.05) is 0 Å². The highest BCUT2D eigenvalue weighted by atomic mass is 14.3. The lowest BCUT2D eigenvalue weighted by Crippen LogP contribution is -1.80. The molecule has 0 aliphatic heterocycles. The first-order valence-corrected chi connectivity index (χ1v) is 4.29. The highest BCUT2D eigenvalue weighted by Crippen LogP contribution is 1.99. The Morgan fingerprint density at radius 1 is 1.27 bits per heavy atom. The molecule has 1 heteroatoms. The third-order valence-electron chi connectivity index (χ3n) is 1.01. The quantitative estimate of drug-likeness (QED) is 0.475. The molecule has 0 saturated carbocycles. The van der Waals surface area contributed by atoms with Crippen LogP contribution in [0.1, 0.15) is 40.5 Å². The van der Waals surface area contributed by atoms with Crippen LogP contribution in [0.2, 0.25) is 0 Å². The fourth-order valence-electron chi connectivity index (χ4n) is 0.535. The first kappa shape index (κ1) is 13.0. The van der Waals surface area contributed by atoms with Gasteiger partial charge in [0, 0.05) is 0 Å². The predicted octanol–water partition coefficient (Wildman–Crippen LogP) is 3.65. The molecule has 0 fully saturated rings. The molecule has 0 bridgehead atoms. The lowest BCUT2D eigenvalue weighted by atomic mass is 10.1. The van der Waals surface area contributed by atoms with Gasteiger partial charge in [0.25, 0.3) is 0 Å². The maximum absolute atomic E-state index is 6.08. The van der Waals surface area contributed by atoms with Gasteiger partial charge in [0.2, 0.25) is 0 Å². The maximum Gasteiger partial charge on any atom is -0.00788 e. The molecule has 0 unspecified atom stereocenters. The minimum absolute atomic E-state index is 0.817. The molecule has 0 saturated heterocycles. The largest absolute Gasteiger partial charge is 0.313 e. The van der Waals surface area contributed by atoms with Crippen LogP contribution in [0, 0.1) is 11.3 Å². The van der Waals surface area contributed by atoms with E-state index in [2.05, 4.69) is 32.9 Å². The van der Waals surface area contributed by atoms with Gasteiger partial charge >= 0.3 is 0 Å². The topological polar surface area (TPSA) is 23.9 Å². The fourth-order valence-corrected chi connectivity index (χ4v) is 0.535. The summed E-state index contributed by atoms with van der Waals surface area (Å²) in [5.41, 5.74) is 0. The second-order valence-electron chi connectivity index (χ2n) is 2.80. The van der Waals surface area contributed by atoms with Gasteiger partial charge in [-0.3, -0.25) is 0 Å². The van der Waals surface area contributed by atoms with Crippen LogP contribution in [-0.4, -0.2) is 6.21 Å². The van der Waals surface area contributed by atoms with Gasteiger partial charge in [-0.15, -0.1) is 0 Å². The second kappa shape index (κ2) is 12.1. The smallest absolute Gasteiger partial charge is 0.00788 e. The molecule has 0 atom stereocenters. The summed E-state index contributed by atoms with van der Waals surface area (Å²) in [6, 6.07) is 0. The molecule has 0 spiro atoms. The van der Waals surface area contributed by atoms with Crippen LogP contribution < -0.4 is 0 Å². The molecule has 1 N–H and O–H groups in total. The summed E-state index contributed by atoms with van der Waals surface area (Å²) in [6.07, 6.45) is 8.13. The number of allylic oxidation sites excluding steroid dienone is 2. The molecule has 0 heterocycles. The van der Waals surface area contributed by atoms with Gasteiger partial charge in [-0.05, 0) is 31.9 Å². The van der Waals surface area contributed by atoms with Gasteiger partial charge < -0.3 is 5.41 Å². The molecule has 66 valence electrons. The van der Waals surface area contributed by atoms with Crippen molar-refractivity contribution in [1.82, 2.24) is 0 Å². The Labute approximate surface area is 71.0 Å². The highest BCUT2D eigenvalue weighted by molar-refractivity contribution is 5.48. The van der Waals surface area contributed by atoms with Crippen LogP contribution in [0.4, 0.5) is 0 Å². The van der Waals surface area contributed by atoms with E-state index < -0.39 is 0 Å². The van der Waals surface area contributed by atoms with Crippen molar-refractivity contribution in [2.45, 2.75) is 40.5 Å². The summed E-state index contributed by atoms with van der Waals surface area (Å²) in [6.45, 7) is 8.30. The molecule has 0 amide bonds. The van der Waals surface area contributed by atoms with E-state index in [1.54, 1.807) is 6.92 Å². The van der Waals surface area contributed by atoms with Crippen molar-refractivity contribution in [1.29, 1.82) is 5.41 Å². The standard InChI is InChI=1S/C8H16.C2H5N/c1-4-5-6-7-8(2)3;1-2-3/h5-6,8H,4,7H2,1-3H3;2-3H,1H3/b6-5-;. The van der Waals surface area contributed by atoms with Crippen molar-refractivity contribution in [2.24, 2.45) is 5.92 Å². The third-order valence-corrected chi connectivity index (χ3v) is 1.01. The van der Waals surface area contributed by atoms with Crippen LogP contribution in [0.15, 0.2) is 12.2 Å². The van der Waals surface area contributed by atoms with Crippen LogP contribution >= 0.6 is 0 Å². The summed E-state index contributed by atoms with van der Waals surface area (Å²) in [5.74, 6) is 0.817. The molecule has 11 heavy (non-hydrogen) atoms. The van der Waals surface area contributed by atoms with Crippen LogP contribution in [0.25, 0.3) is 0 Å². The first-order valence-electron chi connectivity index (χ1n) is 4.29. The van der Waals surface area contributed by atoms with Crippen LogP contribution in [0.3, 0.4) is 0 Å². The van der Waals surface area contributed by atoms with E-state index in [4.69, 9.17) is 5.41 Å². The first-order chi connectivity index (χ1) is 5.18. The minimum Gasteiger partial charge on any atom is -0.313 e. The predicted molar refractivity (Wildman–Crippen MR) is 53.3 cm³/mol. The van der Waals surface area contributed by atoms with Crippen molar-refractivity contribution >= 4 is 6.21 Å². The zero-order chi connectivity index (χ0) is 9.11. The zero-order valence-corrected chi connectivity index (χ0v) is 8.22. The number of hydrogen-bond donors (Lipinski definition) is 1. The molecule has 0 aromatic heterocycles. The average molecular weight is 155 g/mol. The Morgan fingerprint density at radius 2 is 1.73 bits per heavy atom. The zero-order valence-electron chi connectivity index (χ0n) is 8.22. The summed E-state index contributed by atoms with van der Waals surface area (Å²) in [5, 5.41) is 6.08. The summed E-state index contributed by atoms with van der Waals surface area (Å²) >= 11 is 0. The highest BCUT2D eigenvalue weighted by Gasteiger charge is 1.84. The van der Waals surface area contributed by atoms with Gasteiger partial charge in [0.05, 0.1) is 0 Å². The van der Waals surface area contributed by atoms with Crippen molar-refractivity contribution < 1.29 is 0 Å². The average Bonchev–Trinajstić information content (AvgIpc) is 1.89. The fraction of sp³-hybridized carbons (Fsp3) is 0.700. The molecular formula is C10H21N. The van der Waals surface area contributed by atoms with Crippen LogP contribution in [0.5, 0.6) is 0 Å². The lowest BCUT2D eigenvalue weighted by molar-refractivity contribution is 0.662. The molecule has 0 aliphatic carbocycles. The van der Waals surface area contributed by atoms with E-state index in [9.17, 15) is 0 Å².